The average Bonchev–Trinajstić information content (AvgIpc) is 2.12. The molecule has 0 aliphatic heterocycles. The first kappa shape index (κ1) is 14.0. The fourth-order valence-corrected chi connectivity index (χ4v) is 1.44. The molecule has 0 radical (unpaired) electrons. The molecule has 0 atom stereocenters. The molecule has 0 aromatic heterocycles. The summed E-state index contributed by atoms with van der Waals surface area (Å²) in [6.07, 6.45) is -10.5. The summed E-state index contributed by atoms with van der Waals surface area (Å²) in [5, 5.41) is 9.02. The van der Waals surface area contributed by atoms with Gasteiger partial charge in [0.25, 0.3) is 0 Å². The highest BCUT2D eigenvalue weighted by Crippen LogP contribution is 2.45. The van der Waals surface area contributed by atoms with Crippen LogP contribution in [0.15, 0.2) is 12.1 Å². The molecule has 0 aliphatic carbocycles. The van der Waals surface area contributed by atoms with Gasteiger partial charge in [-0.2, -0.15) is 26.3 Å². The third kappa shape index (κ3) is 2.96. The van der Waals surface area contributed by atoms with Gasteiger partial charge in [0.05, 0.1) is 5.56 Å². The van der Waals surface area contributed by atoms with Gasteiger partial charge in [0.2, 0.25) is 0 Å². The SMILES string of the molecule is Oc1cc(CCl)cc(C(F)(F)F)c1C(F)(F)F. The number of alkyl halides is 7. The van der Waals surface area contributed by atoms with Crippen molar-refractivity contribution in [2.24, 2.45) is 0 Å². The fourth-order valence-electron chi connectivity index (χ4n) is 1.28. The number of hydrogen-bond donors (Lipinski definition) is 1. The van der Waals surface area contributed by atoms with Gasteiger partial charge in [-0.3, -0.25) is 0 Å². The van der Waals surface area contributed by atoms with Crippen LogP contribution < -0.4 is 0 Å². The second-order valence-electron chi connectivity index (χ2n) is 3.17. The highest BCUT2D eigenvalue weighted by atomic mass is 35.5. The molecule has 1 N–H and O–H groups in total. The van der Waals surface area contributed by atoms with E-state index in [1.807, 2.05) is 0 Å². The van der Waals surface area contributed by atoms with Crippen LogP contribution in [0.1, 0.15) is 16.7 Å². The molecule has 96 valence electrons. The van der Waals surface area contributed by atoms with Gasteiger partial charge in [-0.15, -0.1) is 11.6 Å². The van der Waals surface area contributed by atoms with Crippen LogP contribution in [0.5, 0.6) is 5.75 Å². The highest BCUT2D eigenvalue weighted by Gasteiger charge is 2.45. The average molecular weight is 279 g/mol. The minimum atomic E-state index is -5.29. The minimum Gasteiger partial charge on any atom is -0.507 e. The normalized spacial score (nSPS) is 12.9. The molecular formula is C9H5ClF6O. The Bertz CT molecular complexity index is 423. The van der Waals surface area contributed by atoms with Crippen LogP contribution in [0.25, 0.3) is 0 Å². The number of phenolic OH excluding ortho intramolecular Hbond substituents is 1. The van der Waals surface area contributed by atoms with E-state index in [0.717, 1.165) is 0 Å². The zero-order chi connectivity index (χ0) is 13.4. The summed E-state index contributed by atoms with van der Waals surface area (Å²) < 4.78 is 74.4. The Morgan fingerprint density at radius 2 is 1.53 bits per heavy atom. The Balaban J connectivity index is 3.58. The van der Waals surface area contributed by atoms with E-state index < -0.39 is 35.1 Å². The summed E-state index contributed by atoms with van der Waals surface area (Å²) >= 11 is 5.23. The van der Waals surface area contributed by atoms with Crippen molar-refractivity contribution in [3.63, 3.8) is 0 Å². The Kier molecular flexibility index (Phi) is 3.52. The van der Waals surface area contributed by atoms with Crippen LogP contribution in [0, 0.1) is 0 Å². The van der Waals surface area contributed by atoms with Gasteiger partial charge in [0.1, 0.15) is 11.3 Å². The highest BCUT2D eigenvalue weighted by molar-refractivity contribution is 6.17. The lowest BCUT2D eigenvalue weighted by Crippen LogP contribution is -2.17. The van der Waals surface area contributed by atoms with Crippen molar-refractivity contribution >= 4 is 11.6 Å². The topological polar surface area (TPSA) is 20.2 Å². The molecule has 8 heteroatoms. The molecule has 0 aliphatic rings. The van der Waals surface area contributed by atoms with Crippen molar-refractivity contribution < 1.29 is 31.4 Å². The van der Waals surface area contributed by atoms with E-state index in [0.29, 0.717) is 6.07 Å². The molecule has 0 spiro atoms. The van der Waals surface area contributed by atoms with Gasteiger partial charge in [-0.1, -0.05) is 0 Å². The summed E-state index contributed by atoms with van der Waals surface area (Å²) in [4.78, 5) is 0. The second-order valence-corrected chi connectivity index (χ2v) is 3.43. The van der Waals surface area contributed by atoms with E-state index >= 15 is 0 Å². The molecule has 0 unspecified atom stereocenters. The molecular weight excluding hydrogens is 274 g/mol. The zero-order valence-corrected chi connectivity index (χ0v) is 8.71. The third-order valence-corrected chi connectivity index (χ3v) is 2.23. The molecule has 1 rings (SSSR count). The molecule has 0 amide bonds. The maximum Gasteiger partial charge on any atom is 0.420 e. The summed E-state index contributed by atoms with van der Waals surface area (Å²) in [5.41, 5.74) is -4.29. The first-order chi connectivity index (χ1) is 7.57. The van der Waals surface area contributed by atoms with Gasteiger partial charge >= 0.3 is 12.4 Å². The van der Waals surface area contributed by atoms with E-state index in [4.69, 9.17) is 16.7 Å². The van der Waals surface area contributed by atoms with Crippen molar-refractivity contribution in [3.8, 4) is 5.75 Å². The monoisotopic (exact) mass is 278 g/mol. The second kappa shape index (κ2) is 4.29. The molecule has 0 heterocycles. The maximum atomic E-state index is 12.4. The largest absolute Gasteiger partial charge is 0.507 e. The van der Waals surface area contributed by atoms with Gasteiger partial charge in [0.15, 0.2) is 0 Å². The lowest BCUT2D eigenvalue weighted by atomic mass is 10.0. The molecule has 1 aromatic rings. The van der Waals surface area contributed by atoms with E-state index in [9.17, 15) is 26.3 Å². The molecule has 0 saturated carbocycles. The molecule has 1 nitrogen and oxygen atoms in total. The van der Waals surface area contributed by atoms with Gasteiger partial charge < -0.3 is 5.11 Å². The van der Waals surface area contributed by atoms with Crippen molar-refractivity contribution in [1.82, 2.24) is 0 Å². The maximum absolute atomic E-state index is 12.4. The Labute approximate surface area is 96.6 Å². The molecule has 0 saturated heterocycles. The minimum absolute atomic E-state index is 0.246. The first-order valence-electron chi connectivity index (χ1n) is 4.13. The molecule has 0 bridgehead atoms. The van der Waals surface area contributed by atoms with Crippen molar-refractivity contribution in [2.75, 3.05) is 0 Å². The quantitative estimate of drug-likeness (QED) is 0.604. The summed E-state index contributed by atoms with van der Waals surface area (Å²) in [6, 6.07) is 0.834. The Hall–Kier alpha value is -1.11. The number of phenols is 1. The van der Waals surface area contributed by atoms with Crippen molar-refractivity contribution in [2.45, 2.75) is 18.2 Å². The van der Waals surface area contributed by atoms with Crippen LogP contribution in [0.4, 0.5) is 26.3 Å². The van der Waals surface area contributed by atoms with E-state index in [1.165, 1.54) is 0 Å². The van der Waals surface area contributed by atoms with Crippen molar-refractivity contribution in [1.29, 1.82) is 0 Å². The lowest BCUT2D eigenvalue weighted by Gasteiger charge is -2.17. The summed E-state index contributed by atoms with van der Waals surface area (Å²) in [7, 11) is 0. The predicted octanol–water partition coefficient (Wildman–Crippen LogP) is 4.17. The number of aromatic hydroxyl groups is 1. The van der Waals surface area contributed by atoms with Crippen LogP contribution in [0.2, 0.25) is 0 Å². The van der Waals surface area contributed by atoms with Crippen LogP contribution >= 0.6 is 11.6 Å². The number of benzene rings is 1. The van der Waals surface area contributed by atoms with E-state index in [2.05, 4.69) is 0 Å². The predicted molar refractivity (Wildman–Crippen MR) is 47.7 cm³/mol. The van der Waals surface area contributed by atoms with Crippen LogP contribution in [0.3, 0.4) is 0 Å². The molecule has 1 aromatic carbocycles. The standard InChI is InChI=1S/C9H5ClF6O/c10-3-4-1-5(8(11,12)13)7(6(17)2-4)9(14,15)16/h1-2,17H,3H2. The van der Waals surface area contributed by atoms with Crippen LogP contribution in [-0.2, 0) is 18.2 Å². The third-order valence-electron chi connectivity index (χ3n) is 1.92. The number of hydrogen-bond acceptors (Lipinski definition) is 1. The summed E-state index contributed by atoms with van der Waals surface area (Å²) in [5.74, 6) is -1.92. The smallest absolute Gasteiger partial charge is 0.420 e. The Morgan fingerprint density at radius 3 is 1.88 bits per heavy atom. The van der Waals surface area contributed by atoms with E-state index in [-0.39, 0.29) is 11.6 Å². The molecule has 17 heavy (non-hydrogen) atoms. The Morgan fingerprint density at radius 1 is 1.00 bits per heavy atom. The van der Waals surface area contributed by atoms with Crippen LogP contribution in [-0.4, -0.2) is 5.11 Å². The zero-order valence-electron chi connectivity index (χ0n) is 7.95. The van der Waals surface area contributed by atoms with E-state index in [1.54, 1.807) is 0 Å². The summed E-state index contributed by atoms with van der Waals surface area (Å²) in [6.45, 7) is 0. The lowest BCUT2D eigenvalue weighted by molar-refractivity contribution is -0.163. The molecule has 0 fully saturated rings. The number of rotatable bonds is 1. The van der Waals surface area contributed by atoms with Gasteiger partial charge in [0, 0.05) is 5.88 Å². The fraction of sp³-hybridized carbons (Fsp3) is 0.333. The first-order valence-corrected chi connectivity index (χ1v) is 4.67. The van der Waals surface area contributed by atoms with Crippen molar-refractivity contribution in [3.05, 3.63) is 28.8 Å². The van der Waals surface area contributed by atoms with Gasteiger partial charge in [-0.05, 0) is 17.7 Å². The number of halogens is 7. The van der Waals surface area contributed by atoms with Gasteiger partial charge in [-0.25, -0.2) is 0 Å².